The van der Waals surface area contributed by atoms with Crippen molar-refractivity contribution >= 4 is 22.7 Å². The maximum absolute atomic E-state index is 14.0. The number of anilines is 2. The number of aromatic nitrogens is 4. The summed E-state index contributed by atoms with van der Waals surface area (Å²) in [5, 5.41) is 21.9. The molecule has 0 amide bonds. The van der Waals surface area contributed by atoms with Crippen LogP contribution in [0.1, 0.15) is 18.4 Å². The third kappa shape index (κ3) is 4.06. The van der Waals surface area contributed by atoms with Gasteiger partial charge < -0.3 is 20.1 Å². The van der Waals surface area contributed by atoms with Crippen molar-refractivity contribution in [1.29, 1.82) is 0 Å². The number of hydrogen-bond donors (Lipinski definition) is 3. The van der Waals surface area contributed by atoms with E-state index in [2.05, 4.69) is 30.4 Å². The average Bonchev–Trinajstić information content (AvgIpc) is 3.25. The second-order valence-electron chi connectivity index (χ2n) is 8.53. The standard InChI is InChI=1S/C24H24F2N6O2/c1-32-9-7-24(33,8-10-32)14-3-6-20(34-2)16(11-14)21-17-13-27-23(29-22(17)31-30-21)28-19-5-4-15(25)12-18(19)26/h3-6,11-13,33H,7-10H2,1-2H3,(H2,27,28,29,30,31). The van der Waals surface area contributed by atoms with Crippen molar-refractivity contribution in [1.82, 2.24) is 25.1 Å². The van der Waals surface area contributed by atoms with Crippen LogP contribution in [0.2, 0.25) is 0 Å². The zero-order chi connectivity index (χ0) is 23.9. The number of H-pyrrole nitrogens is 1. The van der Waals surface area contributed by atoms with Gasteiger partial charge in [0.25, 0.3) is 0 Å². The maximum atomic E-state index is 14.0. The van der Waals surface area contributed by atoms with Gasteiger partial charge in [0.2, 0.25) is 5.95 Å². The molecule has 2 aromatic heterocycles. The van der Waals surface area contributed by atoms with Crippen molar-refractivity contribution in [3.05, 3.63) is 59.8 Å². The summed E-state index contributed by atoms with van der Waals surface area (Å²) in [4.78, 5) is 10.8. The summed E-state index contributed by atoms with van der Waals surface area (Å²) in [6, 6.07) is 8.85. The van der Waals surface area contributed by atoms with Crippen molar-refractivity contribution in [3.63, 3.8) is 0 Å². The van der Waals surface area contributed by atoms with Crippen molar-refractivity contribution in [3.8, 4) is 17.0 Å². The number of ether oxygens (including phenoxy) is 1. The van der Waals surface area contributed by atoms with Gasteiger partial charge >= 0.3 is 0 Å². The maximum Gasteiger partial charge on any atom is 0.229 e. The topological polar surface area (TPSA) is 99.2 Å². The molecular formula is C24H24F2N6O2. The zero-order valence-electron chi connectivity index (χ0n) is 18.8. The minimum atomic E-state index is -0.920. The fourth-order valence-electron chi connectivity index (χ4n) is 4.25. The van der Waals surface area contributed by atoms with Crippen molar-refractivity contribution in [2.75, 3.05) is 32.6 Å². The predicted octanol–water partition coefficient (Wildman–Crippen LogP) is 3.96. The summed E-state index contributed by atoms with van der Waals surface area (Å²) in [6.07, 6.45) is 2.84. The monoisotopic (exact) mass is 466 g/mol. The highest BCUT2D eigenvalue weighted by Gasteiger charge is 2.33. The van der Waals surface area contributed by atoms with Gasteiger partial charge in [0, 0.05) is 30.9 Å². The summed E-state index contributed by atoms with van der Waals surface area (Å²) >= 11 is 0. The molecule has 3 N–H and O–H groups in total. The van der Waals surface area contributed by atoms with Gasteiger partial charge in [0.15, 0.2) is 5.65 Å². The van der Waals surface area contributed by atoms with Gasteiger partial charge in [-0.3, -0.25) is 5.10 Å². The van der Waals surface area contributed by atoms with Gasteiger partial charge in [0.05, 0.1) is 29.5 Å². The first kappa shape index (κ1) is 22.2. The molecule has 2 aromatic carbocycles. The van der Waals surface area contributed by atoms with Crippen molar-refractivity contribution in [2.24, 2.45) is 0 Å². The van der Waals surface area contributed by atoms with E-state index in [1.807, 2.05) is 25.2 Å². The van der Waals surface area contributed by atoms with E-state index in [1.54, 1.807) is 13.3 Å². The normalized spacial score (nSPS) is 16.0. The third-order valence-corrected chi connectivity index (χ3v) is 6.31. The predicted molar refractivity (Wildman–Crippen MR) is 124 cm³/mol. The van der Waals surface area contributed by atoms with Gasteiger partial charge in [-0.2, -0.15) is 10.1 Å². The Hall–Kier alpha value is -3.63. The number of fused-ring (bicyclic) bond motifs is 1. The highest BCUT2D eigenvalue weighted by Crippen LogP contribution is 2.39. The Morgan fingerprint density at radius 1 is 1.15 bits per heavy atom. The number of nitrogens with one attached hydrogen (secondary N) is 2. The number of rotatable bonds is 5. The Labute approximate surface area is 194 Å². The number of aromatic amines is 1. The number of hydrogen-bond acceptors (Lipinski definition) is 7. The summed E-state index contributed by atoms with van der Waals surface area (Å²) < 4.78 is 32.7. The van der Waals surface area contributed by atoms with E-state index >= 15 is 0 Å². The van der Waals surface area contributed by atoms with E-state index in [0.29, 0.717) is 35.3 Å². The molecule has 0 radical (unpaired) electrons. The first-order chi connectivity index (χ1) is 16.4. The van der Waals surface area contributed by atoms with E-state index in [0.717, 1.165) is 36.3 Å². The van der Waals surface area contributed by atoms with E-state index in [4.69, 9.17) is 4.74 Å². The molecule has 0 atom stereocenters. The number of aliphatic hydroxyl groups is 1. The Morgan fingerprint density at radius 2 is 1.94 bits per heavy atom. The fourth-order valence-corrected chi connectivity index (χ4v) is 4.25. The molecule has 3 heterocycles. The quantitative estimate of drug-likeness (QED) is 0.409. The summed E-state index contributed by atoms with van der Waals surface area (Å²) in [7, 11) is 3.63. The van der Waals surface area contributed by atoms with Crippen LogP contribution in [0, 0.1) is 11.6 Å². The van der Waals surface area contributed by atoms with Crippen LogP contribution < -0.4 is 10.1 Å². The fraction of sp³-hybridized carbons (Fsp3) is 0.292. The highest BCUT2D eigenvalue weighted by molar-refractivity contribution is 5.92. The van der Waals surface area contributed by atoms with E-state index in [-0.39, 0.29) is 11.6 Å². The lowest BCUT2D eigenvalue weighted by molar-refractivity contribution is -0.0203. The molecule has 0 spiro atoms. The SMILES string of the molecule is COc1ccc(C2(O)CCN(C)CC2)cc1-c1[nH]nc2nc(Nc3ccc(F)cc3F)ncc12. The Morgan fingerprint density at radius 3 is 2.68 bits per heavy atom. The molecule has 0 saturated carbocycles. The lowest BCUT2D eigenvalue weighted by atomic mass is 9.83. The molecule has 10 heteroatoms. The Balaban J connectivity index is 1.50. The molecule has 8 nitrogen and oxygen atoms in total. The molecule has 176 valence electrons. The molecule has 5 rings (SSSR count). The molecule has 34 heavy (non-hydrogen) atoms. The van der Waals surface area contributed by atoms with Crippen LogP contribution in [-0.4, -0.2) is 57.4 Å². The molecular weight excluding hydrogens is 442 g/mol. The minimum Gasteiger partial charge on any atom is -0.496 e. The van der Waals surface area contributed by atoms with Crippen molar-refractivity contribution < 1.29 is 18.6 Å². The van der Waals surface area contributed by atoms with Crippen LogP contribution in [0.5, 0.6) is 5.75 Å². The minimum absolute atomic E-state index is 0.0530. The van der Waals surface area contributed by atoms with E-state index < -0.39 is 17.2 Å². The first-order valence-corrected chi connectivity index (χ1v) is 10.9. The molecule has 1 aliphatic heterocycles. The third-order valence-electron chi connectivity index (χ3n) is 6.31. The first-order valence-electron chi connectivity index (χ1n) is 10.9. The molecule has 1 aliphatic rings. The van der Waals surface area contributed by atoms with Crippen LogP contribution >= 0.6 is 0 Å². The molecule has 1 fully saturated rings. The highest BCUT2D eigenvalue weighted by atomic mass is 19.1. The van der Waals surface area contributed by atoms with Gasteiger partial charge in [0.1, 0.15) is 17.4 Å². The Kier molecular flexibility index (Phi) is 5.62. The molecule has 0 aliphatic carbocycles. The van der Waals surface area contributed by atoms with Crippen molar-refractivity contribution in [2.45, 2.75) is 18.4 Å². The largest absolute Gasteiger partial charge is 0.496 e. The molecule has 4 aromatic rings. The zero-order valence-corrected chi connectivity index (χ0v) is 18.8. The number of nitrogens with zero attached hydrogens (tertiary/aromatic N) is 4. The average molecular weight is 466 g/mol. The van der Waals surface area contributed by atoms with Gasteiger partial charge in [-0.25, -0.2) is 13.8 Å². The molecule has 1 saturated heterocycles. The lowest BCUT2D eigenvalue weighted by Crippen LogP contribution is -2.40. The second-order valence-corrected chi connectivity index (χ2v) is 8.53. The molecule has 0 bridgehead atoms. The van der Waals surface area contributed by atoms with Crippen LogP contribution in [-0.2, 0) is 5.60 Å². The summed E-state index contributed by atoms with van der Waals surface area (Å²) in [6.45, 7) is 1.62. The van der Waals surface area contributed by atoms with Gasteiger partial charge in [-0.05, 0) is 49.7 Å². The van der Waals surface area contributed by atoms with E-state index in [1.165, 1.54) is 6.07 Å². The van der Waals surface area contributed by atoms with Crippen LogP contribution in [0.4, 0.5) is 20.4 Å². The molecule has 0 unspecified atom stereocenters. The number of halogens is 2. The number of likely N-dealkylation sites (tertiary alicyclic amines) is 1. The lowest BCUT2D eigenvalue weighted by Gasteiger charge is -2.37. The summed E-state index contributed by atoms with van der Waals surface area (Å²) in [5.41, 5.74) is 1.67. The smallest absolute Gasteiger partial charge is 0.229 e. The summed E-state index contributed by atoms with van der Waals surface area (Å²) in [5.74, 6) is -0.684. The van der Waals surface area contributed by atoms with Crippen LogP contribution in [0.25, 0.3) is 22.3 Å². The Bertz CT molecular complexity index is 1350. The van der Waals surface area contributed by atoms with Gasteiger partial charge in [-0.15, -0.1) is 0 Å². The van der Waals surface area contributed by atoms with Crippen LogP contribution in [0.15, 0.2) is 42.6 Å². The van der Waals surface area contributed by atoms with Gasteiger partial charge in [-0.1, -0.05) is 6.07 Å². The van der Waals surface area contributed by atoms with E-state index in [9.17, 15) is 13.9 Å². The second kappa shape index (κ2) is 8.62. The number of piperidine rings is 1. The van der Waals surface area contributed by atoms with Crippen LogP contribution in [0.3, 0.4) is 0 Å². The number of methoxy groups -OCH3 is 1. The number of benzene rings is 2.